The van der Waals surface area contributed by atoms with Crippen molar-refractivity contribution < 1.29 is 14.3 Å². The normalized spacial score (nSPS) is 22.1. The van der Waals surface area contributed by atoms with Gasteiger partial charge in [-0.2, -0.15) is 0 Å². The van der Waals surface area contributed by atoms with Crippen molar-refractivity contribution in [3.8, 4) is 5.75 Å². The Morgan fingerprint density at radius 1 is 1.12 bits per heavy atom. The van der Waals surface area contributed by atoms with Crippen molar-refractivity contribution in [1.29, 1.82) is 0 Å². The van der Waals surface area contributed by atoms with Crippen LogP contribution in [0.25, 0.3) is 0 Å². The number of rotatable bonds is 2. The van der Waals surface area contributed by atoms with Gasteiger partial charge in [-0.3, -0.25) is 9.59 Å². The number of fused-ring (bicyclic) bond motifs is 1. The lowest BCUT2D eigenvalue weighted by Crippen LogP contribution is -2.33. The Bertz CT molecular complexity index is 822. The zero-order valence-corrected chi connectivity index (χ0v) is 13.6. The van der Waals surface area contributed by atoms with Crippen molar-refractivity contribution in [1.82, 2.24) is 4.90 Å². The van der Waals surface area contributed by atoms with Gasteiger partial charge in [0.2, 0.25) is 0 Å². The van der Waals surface area contributed by atoms with Gasteiger partial charge in [0.1, 0.15) is 0 Å². The van der Waals surface area contributed by atoms with Gasteiger partial charge >= 0.3 is 0 Å². The Morgan fingerprint density at radius 3 is 2.72 bits per heavy atom. The minimum absolute atomic E-state index is 0.0799. The smallest absolute Gasteiger partial charge is 0.262 e. The van der Waals surface area contributed by atoms with Gasteiger partial charge in [-0.05, 0) is 17.7 Å². The second-order valence-corrected chi connectivity index (χ2v) is 6.41. The molecule has 2 heterocycles. The van der Waals surface area contributed by atoms with Gasteiger partial charge < -0.3 is 20.7 Å². The van der Waals surface area contributed by atoms with Crippen LogP contribution in [0.1, 0.15) is 21.8 Å². The number of para-hydroxylation sites is 1. The maximum Gasteiger partial charge on any atom is 0.262 e. The molecule has 0 aliphatic carbocycles. The number of nitrogens with one attached hydrogen (secondary N) is 1. The van der Waals surface area contributed by atoms with E-state index in [9.17, 15) is 9.59 Å². The molecule has 25 heavy (non-hydrogen) atoms. The Labute approximate surface area is 145 Å². The number of nitrogens with zero attached hydrogens (tertiary/aromatic N) is 1. The number of hydrogen-bond acceptors (Lipinski definition) is 4. The van der Waals surface area contributed by atoms with Crippen molar-refractivity contribution in [2.75, 3.05) is 25.0 Å². The first-order chi connectivity index (χ1) is 12.1. The predicted molar refractivity (Wildman–Crippen MR) is 93.6 cm³/mol. The number of anilines is 1. The number of carbonyl (C=O) groups is 2. The highest BCUT2D eigenvalue weighted by Gasteiger charge is 2.35. The van der Waals surface area contributed by atoms with E-state index in [1.54, 1.807) is 23.1 Å². The molecule has 2 atom stereocenters. The topological polar surface area (TPSA) is 84.7 Å². The highest BCUT2D eigenvalue weighted by atomic mass is 16.5. The van der Waals surface area contributed by atoms with E-state index < -0.39 is 0 Å². The molecule has 2 amide bonds. The standard InChI is InChI=1S/C19H19N3O3/c20-15-10-22(9-14(15)12-5-2-1-3-6-12)19(24)13-7-4-8-16-18(13)25-11-17(23)21-16/h1-8,14-15H,9-11,20H2,(H,21,23)/t14-,15+/m0/s1. The molecular formula is C19H19N3O3. The molecule has 0 aromatic heterocycles. The maximum absolute atomic E-state index is 13.0. The van der Waals surface area contributed by atoms with Gasteiger partial charge in [-0.15, -0.1) is 0 Å². The molecule has 0 spiro atoms. The van der Waals surface area contributed by atoms with E-state index in [0.717, 1.165) is 5.56 Å². The molecule has 0 radical (unpaired) electrons. The SMILES string of the molecule is N[C@@H]1CN(C(=O)c2cccc3c2OCC(=O)N3)C[C@H]1c1ccccc1. The van der Waals surface area contributed by atoms with Crippen LogP contribution < -0.4 is 15.8 Å². The third kappa shape index (κ3) is 2.85. The molecule has 2 aromatic carbocycles. The van der Waals surface area contributed by atoms with Gasteiger partial charge in [0.15, 0.2) is 12.4 Å². The van der Waals surface area contributed by atoms with Crippen molar-refractivity contribution >= 4 is 17.5 Å². The zero-order chi connectivity index (χ0) is 17.4. The third-order valence-electron chi connectivity index (χ3n) is 4.75. The molecule has 3 N–H and O–H groups in total. The molecule has 6 nitrogen and oxygen atoms in total. The Hall–Kier alpha value is -2.86. The molecule has 0 unspecified atom stereocenters. The number of likely N-dealkylation sites (tertiary alicyclic amines) is 1. The Balaban J connectivity index is 1.59. The summed E-state index contributed by atoms with van der Waals surface area (Å²) >= 11 is 0. The fourth-order valence-electron chi connectivity index (χ4n) is 3.50. The lowest BCUT2D eigenvalue weighted by molar-refractivity contribution is -0.118. The summed E-state index contributed by atoms with van der Waals surface area (Å²) in [7, 11) is 0. The quantitative estimate of drug-likeness (QED) is 0.871. The van der Waals surface area contributed by atoms with Crippen LogP contribution in [-0.2, 0) is 4.79 Å². The summed E-state index contributed by atoms with van der Waals surface area (Å²) in [4.78, 5) is 26.2. The van der Waals surface area contributed by atoms with Crippen LogP contribution in [-0.4, -0.2) is 42.5 Å². The predicted octanol–water partition coefficient (Wildman–Crippen LogP) is 1.58. The van der Waals surface area contributed by atoms with E-state index in [1.165, 1.54) is 0 Å². The summed E-state index contributed by atoms with van der Waals surface area (Å²) < 4.78 is 5.50. The van der Waals surface area contributed by atoms with Gasteiger partial charge in [-0.1, -0.05) is 36.4 Å². The Morgan fingerprint density at radius 2 is 1.92 bits per heavy atom. The van der Waals surface area contributed by atoms with E-state index in [4.69, 9.17) is 10.5 Å². The minimum atomic E-state index is -0.218. The molecule has 4 rings (SSSR count). The number of benzene rings is 2. The number of amides is 2. The summed E-state index contributed by atoms with van der Waals surface area (Å²) in [6.07, 6.45) is 0. The second kappa shape index (κ2) is 6.22. The zero-order valence-electron chi connectivity index (χ0n) is 13.6. The molecule has 2 aliphatic rings. The first-order valence-electron chi connectivity index (χ1n) is 8.29. The summed E-state index contributed by atoms with van der Waals surface area (Å²) in [6.45, 7) is 0.984. The van der Waals surface area contributed by atoms with Crippen LogP contribution >= 0.6 is 0 Å². The Kier molecular flexibility index (Phi) is 3.89. The molecule has 2 aromatic rings. The first kappa shape index (κ1) is 15.7. The van der Waals surface area contributed by atoms with E-state index >= 15 is 0 Å². The molecule has 128 valence electrons. The van der Waals surface area contributed by atoms with E-state index in [1.807, 2.05) is 30.3 Å². The van der Waals surface area contributed by atoms with E-state index in [-0.39, 0.29) is 30.4 Å². The first-order valence-corrected chi connectivity index (χ1v) is 8.29. The lowest BCUT2D eigenvalue weighted by Gasteiger charge is -2.23. The molecule has 1 fully saturated rings. The third-order valence-corrected chi connectivity index (χ3v) is 4.75. The summed E-state index contributed by atoms with van der Waals surface area (Å²) in [5.74, 6) is 0.209. The summed E-state index contributed by atoms with van der Waals surface area (Å²) in [6, 6.07) is 15.1. The molecule has 1 saturated heterocycles. The van der Waals surface area contributed by atoms with Gasteiger partial charge in [0.25, 0.3) is 11.8 Å². The maximum atomic E-state index is 13.0. The summed E-state index contributed by atoms with van der Waals surface area (Å²) in [5, 5.41) is 2.73. The second-order valence-electron chi connectivity index (χ2n) is 6.41. The lowest BCUT2D eigenvalue weighted by atomic mass is 9.95. The van der Waals surface area contributed by atoms with Crippen molar-refractivity contribution in [3.63, 3.8) is 0 Å². The van der Waals surface area contributed by atoms with Crippen molar-refractivity contribution in [2.45, 2.75) is 12.0 Å². The molecule has 0 saturated carbocycles. The molecule has 0 bridgehead atoms. The molecule has 2 aliphatic heterocycles. The number of nitrogens with two attached hydrogens (primary N) is 1. The van der Waals surface area contributed by atoms with Crippen molar-refractivity contribution in [2.24, 2.45) is 5.73 Å². The van der Waals surface area contributed by atoms with Gasteiger partial charge in [0, 0.05) is 25.0 Å². The molecular weight excluding hydrogens is 318 g/mol. The average molecular weight is 337 g/mol. The fraction of sp³-hybridized carbons (Fsp3) is 0.263. The monoisotopic (exact) mass is 337 g/mol. The number of ether oxygens (including phenoxy) is 1. The van der Waals surface area contributed by atoms with Crippen LogP contribution in [0.2, 0.25) is 0 Å². The highest BCUT2D eigenvalue weighted by molar-refractivity contribution is 6.03. The minimum Gasteiger partial charge on any atom is -0.481 e. The number of hydrogen-bond donors (Lipinski definition) is 2. The van der Waals surface area contributed by atoms with Gasteiger partial charge in [0.05, 0.1) is 11.3 Å². The van der Waals surface area contributed by atoms with E-state index in [0.29, 0.717) is 30.1 Å². The largest absolute Gasteiger partial charge is 0.481 e. The fourth-order valence-corrected chi connectivity index (χ4v) is 3.50. The summed E-state index contributed by atoms with van der Waals surface area (Å²) in [5.41, 5.74) is 8.42. The van der Waals surface area contributed by atoms with Crippen LogP contribution in [0.15, 0.2) is 48.5 Å². The average Bonchev–Trinajstić information content (AvgIpc) is 3.03. The number of carbonyl (C=O) groups excluding carboxylic acids is 2. The van der Waals surface area contributed by atoms with Crippen molar-refractivity contribution in [3.05, 3.63) is 59.7 Å². The van der Waals surface area contributed by atoms with Gasteiger partial charge in [-0.25, -0.2) is 0 Å². The highest BCUT2D eigenvalue weighted by Crippen LogP contribution is 2.34. The van der Waals surface area contributed by atoms with E-state index in [2.05, 4.69) is 5.32 Å². The van der Waals surface area contributed by atoms with Crippen LogP contribution in [0.4, 0.5) is 5.69 Å². The van der Waals surface area contributed by atoms with Crippen LogP contribution in [0.3, 0.4) is 0 Å². The molecule has 6 heteroatoms. The van der Waals surface area contributed by atoms with Crippen LogP contribution in [0.5, 0.6) is 5.75 Å². The van der Waals surface area contributed by atoms with Crippen LogP contribution in [0, 0.1) is 0 Å².